The fourth-order valence-electron chi connectivity index (χ4n) is 2.88. The molecule has 1 aromatic heterocycles. The van der Waals surface area contributed by atoms with Crippen molar-refractivity contribution in [2.24, 2.45) is 0 Å². The Balaban J connectivity index is 1.42. The van der Waals surface area contributed by atoms with Crippen molar-refractivity contribution < 1.29 is 9.53 Å². The first kappa shape index (κ1) is 18.5. The van der Waals surface area contributed by atoms with Crippen LogP contribution in [-0.2, 0) is 4.79 Å². The molecule has 0 saturated carbocycles. The molecule has 4 aromatic rings. The molecule has 140 valence electrons. The number of amides is 1. The van der Waals surface area contributed by atoms with Gasteiger partial charge in [0, 0.05) is 15.8 Å². The Bertz CT molecular complexity index is 1100. The molecule has 0 spiro atoms. The Morgan fingerprint density at radius 2 is 1.86 bits per heavy atom. The first-order valence-corrected chi connectivity index (χ1v) is 10.6. The van der Waals surface area contributed by atoms with Crippen LogP contribution in [0.3, 0.4) is 0 Å². The molecular weight excluding hydrogens is 388 g/mol. The summed E-state index contributed by atoms with van der Waals surface area (Å²) in [5.74, 6) is 1.06. The molecule has 0 atom stereocenters. The lowest BCUT2D eigenvalue weighted by Gasteiger charge is -2.04. The minimum Gasteiger partial charge on any atom is -0.497 e. The van der Waals surface area contributed by atoms with Crippen molar-refractivity contribution in [3.05, 3.63) is 72.1 Å². The summed E-state index contributed by atoms with van der Waals surface area (Å²) in [4.78, 5) is 17.9. The minimum absolute atomic E-state index is 0.0698. The topological polar surface area (TPSA) is 51.2 Å². The molecule has 0 bridgehead atoms. The van der Waals surface area contributed by atoms with Crippen LogP contribution >= 0.6 is 23.1 Å². The number of carbonyl (C=O) groups is 1. The SMILES string of the molecule is COc1ccc(SCC(=O)Nc2nc(-c3cccc4ccccc34)cs2)cc1. The maximum Gasteiger partial charge on any atom is 0.236 e. The number of benzene rings is 3. The van der Waals surface area contributed by atoms with Gasteiger partial charge < -0.3 is 10.1 Å². The average Bonchev–Trinajstić information content (AvgIpc) is 3.20. The molecule has 3 aromatic carbocycles. The molecule has 0 fully saturated rings. The van der Waals surface area contributed by atoms with E-state index in [4.69, 9.17) is 4.74 Å². The molecule has 0 radical (unpaired) electrons. The van der Waals surface area contributed by atoms with E-state index >= 15 is 0 Å². The molecule has 6 heteroatoms. The second-order valence-corrected chi connectivity index (χ2v) is 7.98. The number of rotatable bonds is 6. The number of ether oxygens (including phenoxy) is 1. The van der Waals surface area contributed by atoms with E-state index < -0.39 is 0 Å². The standard InChI is InChI=1S/C22H18N2O2S2/c1-26-16-9-11-17(12-10-16)27-14-21(25)24-22-23-20(13-28-22)19-8-4-6-15-5-2-3-7-18(15)19/h2-13H,14H2,1H3,(H,23,24,25). The zero-order valence-corrected chi connectivity index (χ0v) is 16.8. The highest BCUT2D eigenvalue weighted by Crippen LogP contribution is 2.31. The fourth-order valence-corrected chi connectivity index (χ4v) is 4.31. The molecule has 0 aliphatic heterocycles. The van der Waals surface area contributed by atoms with Crippen LogP contribution in [0.4, 0.5) is 5.13 Å². The summed E-state index contributed by atoms with van der Waals surface area (Å²) in [6, 6.07) is 22.1. The van der Waals surface area contributed by atoms with Crippen molar-refractivity contribution in [2.75, 3.05) is 18.2 Å². The maximum absolute atomic E-state index is 12.3. The summed E-state index contributed by atoms with van der Waals surface area (Å²) < 4.78 is 5.14. The van der Waals surface area contributed by atoms with Crippen molar-refractivity contribution in [1.29, 1.82) is 0 Å². The number of hydrogen-bond acceptors (Lipinski definition) is 5. The number of thioether (sulfide) groups is 1. The van der Waals surface area contributed by atoms with Crippen molar-refractivity contribution in [3.63, 3.8) is 0 Å². The van der Waals surface area contributed by atoms with Crippen LogP contribution in [0.25, 0.3) is 22.0 Å². The Kier molecular flexibility index (Phi) is 5.60. The molecule has 0 unspecified atom stereocenters. The zero-order chi connectivity index (χ0) is 19.3. The van der Waals surface area contributed by atoms with E-state index in [0.29, 0.717) is 10.9 Å². The summed E-state index contributed by atoms with van der Waals surface area (Å²) in [5.41, 5.74) is 1.95. The molecule has 28 heavy (non-hydrogen) atoms. The van der Waals surface area contributed by atoms with E-state index in [9.17, 15) is 4.79 Å². The van der Waals surface area contributed by atoms with Gasteiger partial charge in [-0.1, -0.05) is 42.5 Å². The van der Waals surface area contributed by atoms with Crippen LogP contribution < -0.4 is 10.1 Å². The van der Waals surface area contributed by atoms with Crippen molar-refractivity contribution in [1.82, 2.24) is 4.98 Å². The number of methoxy groups -OCH3 is 1. The Hall–Kier alpha value is -2.83. The molecule has 0 saturated heterocycles. The van der Waals surface area contributed by atoms with Crippen molar-refractivity contribution in [3.8, 4) is 17.0 Å². The lowest BCUT2D eigenvalue weighted by atomic mass is 10.0. The van der Waals surface area contributed by atoms with Crippen LogP contribution in [0, 0.1) is 0 Å². The van der Waals surface area contributed by atoms with Crippen molar-refractivity contribution >= 4 is 44.9 Å². The highest BCUT2D eigenvalue weighted by atomic mass is 32.2. The zero-order valence-electron chi connectivity index (χ0n) is 15.2. The van der Waals surface area contributed by atoms with Gasteiger partial charge >= 0.3 is 0 Å². The van der Waals surface area contributed by atoms with Gasteiger partial charge in [-0.2, -0.15) is 0 Å². The second kappa shape index (κ2) is 8.46. The molecule has 0 aliphatic carbocycles. The first-order chi connectivity index (χ1) is 13.7. The Morgan fingerprint density at radius 1 is 1.07 bits per heavy atom. The smallest absolute Gasteiger partial charge is 0.236 e. The molecule has 4 nitrogen and oxygen atoms in total. The predicted molar refractivity (Wildman–Crippen MR) is 117 cm³/mol. The normalized spacial score (nSPS) is 10.8. The average molecular weight is 407 g/mol. The number of fused-ring (bicyclic) bond motifs is 1. The van der Waals surface area contributed by atoms with Gasteiger partial charge in [0.25, 0.3) is 0 Å². The highest BCUT2D eigenvalue weighted by Gasteiger charge is 2.10. The number of thiazole rings is 1. The highest BCUT2D eigenvalue weighted by molar-refractivity contribution is 8.00. The van der Waals surface area contributed by atoms with E-state index in [-0.39, 0.29) is 5.91 Å². The van der Waals surface area contributed by atoms with Gasteiger partial charge in [-0.25, -0.2) is 4.98 Å². The van der Waals surface area contributed by atoms with E-state index in [2.05, 4.69) is 34.6 Å². The van der Waals surface area contributed by atoms with Crippen LogP contribution in [0.2, 0.25) is 0 Å². The summed E-state index contributed by atoms with van der Waals surface area (Å²) in [6.45, 7) is 0. The maximum atomic E-state index is 12.3. The third-order valence-electron chi connectivity index (χ3n) is 4.25. The molecule has 4 rings (SSSR count). The largest absolute Gasteiger partial charge is 0.497 e. The first-order valence-electron chi connectivity index (χ1n) is 8.73. The summed E-state index contributed by atoms with van der Waals surface area (Å²) in [7, 11) is 1.64. The van der Waals surface area contributed by atoms with E-state index in [0.717, 1.165) is 27.3 Å². The van der Waals surface area contributed by atoms with Crippen LogP contribution in [0.5, 0.6) is 5.75 Å². The Labute approximate surface area is 171 Å². The Morgan fingerprint density at radius 3 is 2.68 bits per heavy atom. The quantitative estimate of drug-likeness (QED) is 0.417. The number of nitrogens with zero attached hydrogens (tertiary/aromatic N) is 1. The molecule has 1 N–H and O–H groups in total. The van der Waals surface area contributed by atoms with Gasteiger partial charge in [0.15, 0.2) is 5.13 Å². The third kappa shape index (κ3) is 4.18. The summed E-state index contributed by atoms with van der Waals surface area (Å²) in [6.07, 6.45) is 0. The molecule has 0 aliphatic rings. The van der Waals surface area contributed by atoms with Gasteiger partial charge in [0.2, 0.25) is 5.91 Å². The summed E-state index contributed by atoms with van der Waals surface area (Å²) in [5, 5.41) is 7.82. The number of carbonyl (C=O) groups excluding carboxylic acids is 1. The van der Waals surface area contributed by atoms with E-state index in [1.54, 1.807) is 7.11 Å². The number of nitrogens with one attached hydrogen (secondary N) is 1. The molecule has 1 amide bonds. The van der Waals surface area contributed by atoms with Crippen molar-refractivity contribution in [2.45, 2.75) is 4.90 Å². The fraction of sp³-hybridized carbons (Fsp3) is 0.0909. The summed E-state index contributed by atoms with van der Waals surface area (Å²) >= 11 is 2.92. The van der Waals surface area contributed by atoms with Gasteiger partial charge in [-0.15, -0.1) is 23.1 Å². The van der Waals surface area contributed by atoms with E-state index in [1.807, 2.05) is 47.8 Å². The lowest BCUT2D eigenvalue weighted by Crippen LogP contribution is -2.13. The van der Waals surface area contributed by atoms with Gasteiger partial charge in [-0.05, 0) is 35.0 Å². The van der Waals surface area contributed by atoms with Gasteiger partial charge in [0.1, 0.15) is 5.75 Å². The number of aromatic nitrogens is 1. The predicted octanol–water partition coefficient (Wildman–Crippen LogP) is 5.70. The monoisotopic (exact) mass is 406 g/mol. The minimum atomic E-state index is -0.0698. The van der Waals surface area contributed by atoms with Crippen LogP contribution in [0.15, 0.2) is 77.0 Å². The number of anilines is 1. The lowest BCUT2D eigenvalue weighted by molar-refractivity contribution is -0.113. The van der Waals surface area contributed by atoms with E-state index in [1.165, 1.54) is 28.5 Å². The van der Waals surface area contributed by atoms with Gasteiger partial charge in [0.05, 0.1) is 18.6 Å². The molecule has 1 heterocycles. The van der Waals surface area contributed by atoms with Crippen LogP contribution in [0.1, 0.15) is 0 Å². The number of hydrogen-bond donors (Lipinski definition) is 1. The van der Waals surface area contributed by atoms with Gasteiger partial charge in [-0.3, -0.25) is 4.79 Å². The van der Waals surface area contributed by atoms with Crippen LogP contribution in [-0.4, -0.2) is 23.8 Å². The second-order valence-electron chi connectivity index (χ2n) is 6.08. The third-order valence-corrected chi connectivity index (χ3v) is 6.02. The molecular formula is C22H18N2O2S2.